The fourth-order valence-electron chi connectivity index (χ4n) is 2.32. The highest BCUT2D eigenvalue weighted by atomic mass is 16.2. The van der Waals surface area contributed by atoms with Gasteiger partial charge in [0.2, 0.25) is 5.91 Å². The lowest BCUT2D eigenvalue weighted by atomic mass is 9.85. The van der Waals surface area contributed by atoms with E-state index < -0.39 is 0 Å². The lowest BCUT2D eigenvalue weighted by molar-refractivity contribution is -0.136. The second-order valence-corrected chi connectivity index (χ2v) is 4.45. The molecule has 0 saturated heterocycles. The van der Waals surface area contributed by atoms with Gasteiger partial charge in [-0.15, -0.1) is 0 Å². The molecular weight excluding hydrogens is 202 g/mol. The third-order valence-electron chi connectivity index (χ3n) is 3.25. The van der Waals surface area contributed by atoms with Gasteiger partial charge < -0.3 is 10.6 Å². The topological polar surface area (TPSA) is 70.1 Å². The van der Waals surface area contributed by atoms with Crippen LogP contribution >= 0.6 is 0 Å². The van der Waals surface area contributed by atoms with Gasteiger partial charge in [-0.3, -0.25) is 4.79 Å². The number of hydrogen-bond donors (Lipinski definition) is 1. The van der Waals surface area contributed by atoms with Gasteiger partial charge in [0.1, 0.15) is 0 Å². The summed E-state index contributed by atoms with van der Waals surface area (Å²) in [5.41, 5.74) is 5.88. The molecule has 0 aromatic carbocycles. The zero-order valence-corrected chi connectivity index (χ0v) is 9.98. The molecule has 1 aliphatic rings. The minimum Gasteiger partial charge on any atom is -0.342 e. The summed E-state index contributed by atoms with van der Waals surface area (Å²) in [6.07, 6.45) is 4.26. The van der Waals surface area contributed by atoms with Gasteiger partial charge in [-0.25, -0.2) is 0 Å². The van der Waals surface area contributed by atoms with E-state index in [2.05, 4.69) is 6.07 Å². The first-order valence-corrected chi connectivity index (χ1v) is 6.10. The molecular formula is C12H21N3O. The number of nitrogens with two attached hydrogens (primary N) is 1. The monoisotopic (exact) mass is 223 g/mol. The zero-order valence-electron chi connectivity index (χ0n) is 9.98. The van der Waals surface area contributed by atoms with Gasteiger partial charge in [0.15, 0.2) is 0 Å². The smallest absolute Gasteiger partial charge is 0.225 e. The lowest BCUT2D eigenvalue weighted by Gasteiger charge is -2.30. The summed E-state index contributed by atoms with van der Waals surface area (Å²) in [6.45, 7) is 3.20. The highest BCUT2D eigenvalue weighted by Crippen LogP contribution is 2.24. The van der Waals surface area contributed by atoms with Crippen LogP contribution in [0.3, 0.4) is 0 Å². The van der Waals surface area contributed by atoms with Gasteiger partial charge in [0, 0.05) is 25.0 Å². The standard InChI is InChI=1S/C12H21N3O/c1-2-15(8-4-7-13)12(16)10-5-3-6-11(14)9-10/h10-11H,2-6,8-9,14H2,1H3. The van der Waals surface area contributed by atoms with E-state index in [1.807, 2.05) is 6.92 Å². The molecule has 0 spiro atoms. The van der Waals surface area contributed by atoms with E-state index in [1.165, 1.54) is 0 Å². The highest BCUT2D eigenvalue weighted by molar-refractivity contribution is 5.79. The van der Waals surface area contributed by atoms with Crippen LogP contribution in [0.25, 0.3) is 0 Å². The third kappa shape index (κ3) is 3.49. The fourth-order valence-corrected chi connectivity index (χ4v) is 2.32. The summed E-state index contributed by atoms with van der Waals surface area (Å²) >= 11 is 0. The normalized spacial score (nSPS) is 24.8. The van der Waals surface area contributed by atoms with Crippen LogP contribution in [0.1, 0.15) is 39.0 Å². The molecule has 2 atom stereocenters. The highest BCUT2D eigenvalue weighted by Gasteiger charge is 2.28. The average Bonchev–Trinajstić information content (AvgIpc) is 2.29. The van der Waals surface area contributed by atoms with Crippen molar-refractivity contribution in [1.82, 2.24) is 4.90 Å². The van der Waals surface area contributed by atoms with E-state index in [1.54, 1.807) is 4.90 Å². The van der Waals surface area contributed by atoms with Crippen LogP contribution in [-0.4, -0.2) is 29.9 Å². The number of nitrogens with zero attached hydrogens (tertiary/aromatic N) is 2. The molecule has 0 aromatic rings. The van der Waals surface area contributed by atoms with Crippen molar-refractivity contribution in [3.63, 3.8) is 0 Å². The molecule has 0 heterocycles. The molecule has 1 rings (SSSR count). The fraction of sp³-hybridized carbons (Fsp3) is 0.833. The number of carbonyl (C=O) groups is 1. The Bertz CT molecular complexity index is 272. The van der Waals surface area contributed by atoms with Crippen molar-refractivity contribution in [3.8, 4) is 6.07 Å². The van der Waals surface area contributed by atoms with Gasteiger partial charge in [0.25, 0.3) is 0 Å². The van der Waals surface area contributed by atoms with Crippen LogP contribution < -0.4 is 5.73 Å². The summed E-state index contributed by atoms with van der Waals surface area (Å²) in [4.78, 5) is 13.9. The molecule has 0 aliphatic heterocycles. The Hall–Kier alpha value is -1.08. The molecule has 0 radical (unpaired) electrons. The van der Waals surface area contributed by atoms with Crippen molar-refractivity contribution in [3.05, 3.63) is 0 Å². The maximum atomic E-state index is 12.1. The molecule has 1 amide bonds. The second-order valence-electron chi connectivity index (χ2n) is 4.45. The Kier molecular flexibility index (Phi) is 5.27. The van der Waals surface area contributed by atoms with Crippen molar-refractivity contribution in [2.75, 3.05) is 13.1 Å². The maximum Gasteiger partial charge on any atom is 0.225 e. The van der Waals surface area contributed by atoms with Crippen LogP contribution in [0.5, 0.6) is 0 Å². The van der Waals surface area contributed by atoms with Crippen LogP contribution in [0.4, 0.5) is 0 Å². The van der Waals surface area contributed by atoms with E-state index >= 15 is 0 Å². The summed E-state index contributed by atoms with van der Waals surface area (Å²) in [5.74, 6) is 0.273. The first-order chi connectivity index (χ1) is 7.69. The van der Waals surface area contributed by atoms with Gasteiger partial charge in [-0.05, 0) is 26.2 Å². The number of hydrogen-bond acceptors (Lipinski definition) is 3. The van der Waals surface area contributed by atoms with Crippen molar-refractivity contribution in [2.45, 2.75) is 45.1 Å². The molecule has 4 nitrogen and oxygen atoms in total. The molecule has 0 aromatic heterocycles. The summed E-state index contributed by atoms with van der Waals surface area (Å²) in [7, 11) is 0. The van der Waals surface area contributed by atoms with Crippen molar-refractivity contribution < 1.29 is 4.79 Å². The van der Waals surface area contributed by atoms with E-state index in [9.17, 15) is 4.79 Å². The molecule has 4 heteroatoms. The van der Waals surface area contributed by atoms with E-state index in [-0.39, 0.29) is 17.9 Å². The Balaban J connectivity index is 2.50. The SMILES string of the molecule is CCN(CCC#N)C(=O)C1CCCC(N)C1. The first-order valence-electron chi connectivity index (χ1n) is 6.10. The number of rotatable bonds is 4. The number of carbonyl (C=O) groups excluding carboxylic acids is 1. The molecule has 0 bridgehead atoms. The minimum absolute atomic E-state index is 0.0855. The third-order valence-corrected chi connectivity index (χ3v) is 3.25. The predicted octanol–water partition coefficient (Wildman–Crippen LogP) is 1.27. The molecule has 1 aliphatic carbocycles. The molecule has 1 saturated carbocycles. The lowest BCUT2D eigenvalue weighted by Crippen LogP contribution is -2.41. The first kappa shape index (κ1) is 13.0. The van der Waals surface area contributed by atoms with Crippen molar-refractivity contribution >= 4 is 5.91 Å². The van der Waals surface area contributed by atoms with Gasteiger partial charge in [0.05, 0.1) is 12.5 Å². The molecule has 16 heavy (non-hydrogen) atoms. The van der Waals surface area contributed by atoms with Gasteiger partial charge >= 0.3 is 0 Å². The summed E-state index contributed by atoms with van der Waals surface area (Å²) in [6, 6.07) is 2.26. The largest absolute Gasteiger partial charge is 0.342 e. The van der Waals surface area contributed by atoms with Gasteiger partial charge in [-0.1, -0.05) is 6.42 Å². The van der Waals surface area contributed by atoms with E-state index in [4.69, 9.17) is 11.0 Å². The second kappa shape index (κ2) is 6.49. The van der Waals surface area contributed by atoms with Crippen molar-refractivity contribution in [1.29, 1.82) is 5.26 Å². The minimum atomic E-state index is 0.0855. The van der Waals surface area contributed by atoms with Crippen LogP contribution in [0, 0.1) is 17.2 Å². The van der Waals surface area contributed by atoms with Crippen molar-refractivity contribution in [2.24, 2.45) is 11.7 Å². The summed E-state index contributed by atoms with van der Waals surface area (Å²) in [5, 5.41) is 8.54. The van der Waals surface area contributed by atoms with Crippen LogP contribution in [0.2, 0.25) is 0 Å². The van der Waals surface area contributed by atoms with Crippen LogP contribution in [0.15, 0.2) is 0 Å². The number of amides is 1. The Labute approximate surface area is 97.4 Å². The average molecular weight is 223 g/mol. The Morgan fingerprint density at radius 2 is 2.31 bits per heavy atom. The molecule has 2 unspecified atom stereocenters. The predicted molar refractivity (Wildman–Crippen MR) is 62.4 cm³/mol. The molecule has 2 N–H and O–H groups in total. The van der Waals surface area contributed by atoms with Crippen LogP contribution in [-0.2, 0) is 4.79 Å². The number of nitriles is 1. The van der Waals surface area contributed by atoms with E-state index in [0.29, 0.717) is 19.5 Å². The van der Waals surface area contributed by atoms with Gasteiger partial charge in [-0.2, -0.15) is 5.26 Å². The Morgan fingerprint density at radius 1 is 1.56 bits per heavy atom. The zero-order chi connectivity index (χ0) is 12.0. The van der Waals surface area contributed by atoms with E-state index in [0.717, 1.165) is 25.7 Å². The molecule has 1 fully saturated rings. The Morgan fingerprint density at radius 3 is 2.88 bits per heavy atom. The quantitative estimate of drug-likeness (QED) is 0.780. The summed E-state index contributed by atoms with van der Waals surface area (Å²) < 4.78 is 0. The maximum absolute atomic E-state index is 12.1. The molecule has 90 valence electrons.